The van der Waals surface area contributed by atoms with E-state index in [1.807, 2.05) is 14.0 Å². The van der Waals surface area contributed by atoms with E-state index in [4.69, 9.17) is 4.74 Å². The van der Waals surface area contributed by atoms with Crippen LogP contribution in [0.1, 0.15) is 24.3 Å². The summed E-state index contributed by atoms with van der Waals surface area (Å²) in [4.78, 5) is 15.5. The second-order valence-electron chi connectivity index (χ2n) is 4.75. The Morgan fingerprint density at radius 2 is 2.33 bits per heavy atom. The van der Waals surface area contributed by atoms with Crippen LogP contribution in [0.15, 0.2) is 27.7 Å². The van der Waals surface area contributed by atoms with Gasteiger partial charge in [0.25, 0.3) is 5.56 Å². The molecule has 0 aliphatic rings. The number of aromatic nitrogens is 4. The molecular formula is C13H18BrN5O2. The zero-order chi connectivity index (χ0) is 15.4. The lowest BCUT2D eigenvalue weighted by atomic mass is 10.1. The lowest BCUT2D eigenvalue weighted by Gasteiger charge is -2.22. The average Bonchev–Trinajstić information content (AvgIpc) is 2.89. The molecule has 2 unspecified atom stereocenters. The van der Waals surface area contributed by atoms with E-state index >= 15 is 0 Å². The van der Waals surface area contributed by atoms with Gasteiger partial charge < -0.3 is 15.0 Å². The fourth-order valence-corrected chi connectivity index (χ4v) is 2.30. The monoisotopic (exact) mass is 355 g/mol. The Morgan fingerprint density at radius 1 is 1.57 bits per heavy atom. The Bertz CT molecular complexity index is 654. The van der Waals surface area contributed by atoms with Crippen LogP contribution < -0.4 is 10.9 Å². The van der Waals surface area contributed by atoms with E-state index in [1.165, 1.54) is 4.80 Å². The summed E-state index contributed by atoms with van der Waals surface area (Å²) in [6.45, 7) is 2.38. The van der Waals surface area contributed by atoms with E-state index < -0.39 is 0 Å². The second-order valence-corrected chi connectivity index (χ2v) is 5.61. The molecule has 2 aromatic rings. The molecule has 0 fully saturated rings. The number of likely N-dealkylation sites (N-methyl/N-ethyl adjacent to an activating group) is 1. The maximum atomic E-state index is 11.3. The Labute approximate surface area is 130 Å². The zero-order valence-electron chi connectivity index (χ0n) is 12.1. The number of rotatable bonds is 6. The van der Waals surface area contributed by atoms with E-state index in [9.17, 15) is 4.79 Å². The first-order valence-corrected chi connectivity index (χ1v) is 7.32. The van der Waals surface area contributed by atoms with Gasteiger partial charge in [-0.05, 0) is 41.5 Å². The molecule has 114 valence electrons. The molecule has 2 rings (SSSR count). The van der Waals surface area contributed by atoms with Crippen molar-refractivity contribution in [1.82, 2.24) is 25.3 Å². The van der Waals surface area contributed by atoms with Crippen LogP contribution in [0.3, 0.4) is 0 Å². The largest absolute Gasteiger partial charge is 0.365 e. The SMILES string of the molecule is CNC(C)C(OCc1c[nH]c(=O)c(Br)c1)c1cnn(C)n1. The Balaban J connectivity index is 2.12. The van der Waals surface area contributed by atoms with E-state index in [-0.39, 0.29) is 17.7 Å². The highest BCUT2D eigenvalue weighted by Crippen LogP contribution is 2.20. The molecule has 0 amide bonds. The van der Waals surface area contributed by atoms with Crippen LogP contribution in [0.2, 0.25) is 0 Å². The Hall–Kier alpha value is -1.51. The molecule has 2 atom stereocenters. The number of hydrogen-bond donors (Lipinski definition) is 2. The van der Waals surface area contributed by atoms with Crippen LogP contribution >= 0.6 is 15.9 Å². The Kier molecular flexibility index (Phi) is 5.27. The Morgan fingerprint density at radius 3 is 2.90 bits per heavy atom. The summed E-state index contributed by atoms with van der Waals surface area (Å²) in [6, 6.07) is 1.82. The van der Waals surface area contributed by atoms with Gasteiger partial charge in [0.15, 0.2) is 0 Å². The summed E-state index contributed by atoms with van der Waals surface area (Å²) in [5, 5.41) is 11.5. The van der Waals surface area contributed by atoms with Gasteiger partial charge in [0.1, 0.15) is 11.8 Å². The molecule has 7 nitrogen and oxygen atoms in total. The van der Waals surface area contributed by atoms with Crippen molar-refractivity contribution in [3.8, 4) is 0 Å². The molecule has 0 saturated carbocycles. The number of aryl methyl sites for hydroxylation is 1. The third-order valence-electron chi connectivity index (χ3n) is 3.17. The van der Waals surface area contributed by atoms with Crippen LogP contribution in [0.25, 0.3) is 0 Å². The summed E-state index contributed by atoms with van der Waals surface area (Å²) in [5.41, 5.74) is 1.48. The molecule has 2 aromatic heterocycles. The van der Waals surface area contributed by atoms with Crippen LogP contribution in [0, 0.1) is 0 Å². The van der Waals surface area contributed by atoms with Crippen molar-refractivity contribution in [2.24, 2.45) is 7.05 Å². The van der Waals surface area contributed by atoms with Crippen LogP contribution in [0.5, 0.6) is 0 Å². The maximum Gasteiger partial charge on any atom is 0.262 e. The van der Waals surface area contributed by atoms with Crippen molar-refractivity contribution < 1.29 is 4.74 Å². The highest BCUT2D eigenvalue weighted by atomic mass is 79.9. The molecule has 2 N–H and O–H groups in total. The van der Waals surface area contributed by atoms with E-state index in [1.54, 1.807) is 25.5 Å². The lowest BCUT2D eigenvalue weighted by Crippen LogP contribution is -2.31. The standard InChI is InChI=1S/C13H18BrN5O2/c1-8(15-2)12(11-6-17-19(3)18-11)21-7-9-4-10(14)13(20)16-5-9/h4-6,8,12,15H,7H2,1-3H3,(H,16,20). The third kappa shape index (κ3) is 3.99. The van der Waals surface area contributed by atoms with Crippen molar-refractivity contribution in [2.75, 3.05) is 7.05 Å². The highest BCUT2D eigenvalue weighted by molar-refractivity contribution is 9.10. The van der Waals surface area contributed by atoms with Gasteiger partial charge in [-0.3, -0.25) is 4.79 Å². The van der Waals surface area contributed by atoms with Gasteiger partial charge in [0.05, 0.1) is 17.3 Å². The second kappa shape index (κ2) is 6.97. The molecule has 0 saturated heterocycles. The van der Waals surface area contributed by atoms with Crippen LogP contribution in [-0.4, -0.2) is 33.1 Å². The van der Waals surface area contributed by atoms with Gasteiger partial charge in [-0.1, -0.05) is 0 Å². The van der Waals surface area contributed by atoms with Gasteiger partial charge in [0, 0.05) is 19.3 Å². The predicted octanol–water partition coefficient (Wildman–Crippen LogP) is 1.13. The molecule has 0 aromatic carbocycles. The van der Waals surface area contributed by atoms with E-state index in [0.29, 0.717) is 11.1 Å². The first kappa shape index (κ1) is 15.9. The molecule has 2 heterocycles. The van der Waals surface area contributed by atoms with Gasteiger partial charge in [-0.25, -0.2) is 0 Å². The molecule has 0 aliphatic carbocycles. The van der Waals surface area contributed by atoms with E-state index in [0.717, 1.165) is 11.3 Å². The van der Waals surface area contributed by atoms with Crippen molar-refractivity contribution in [2.45, 2.75) is 25.7 Å². The molecule has 0 spiro atoms. The summed E-state index contributed by atoms with van der Waals surface area (Å²) in [7, 11) is 3.64. The highest BCUT2D eigenvalue weighted by Gasteiger charge is 2.22. The number of nitrogens with zero attached hydrogens (tertiary/aromatic N) is 3. The number of halogens is 1. The van der Waals surface area contributed by atoms with Crippen molar-refractivity contribution in [1.29, 1.82) is 0 Å². The topological polar surface area (TPSA) is 84.8 Å². The number of ether oxygens (including phenoxy) is 1. The number of nitrogens with one attached hydrogen (secondary N) is 2. The van der Waals surface area contributed by atoms with Crippen molar-refractivity contribution in [3.63, 3.8) is 0 Å². The first-order valence-electron chi connectivity index (χ1n) is 6.53. The predicted molar refractivity (Wildman–Crippen MR) is 81.8 cm³/mol. The maximum absolute atomic E-state index is 11.3. The van der Waals surface area contributed by atoms with Gasteiger partial charge in [-0.15, -0.1) is 0 Å². The summed E-state index contributed by atoms with van der Waals surface area (Å²) in [5.74, 6) is 0. The van der Waals surface area contributed by atoms with Gasteiger partial charge >= 0.3 is 0 Å². The first-order chi connectivity index (χ1) is 10.0. The van der Waals surface area contributed by atoms with Gasteiger partial charge in [-0.2, -0.15) is 15.0 Å². The molecule has 0 bridgehead atoms. The molecular weight excluding hydrogens is 338 g/mol. The minimum absolute atomic E-state index is 0.0768. The lowest BCUT2D eigenvalue weighted by molar-refractivity contribution is 0.0158. The average molecular weight is 356 g/mol. The molecule has 0 radical (unpaired) electrons. The molecule has 21 heavy (non-hydrogen) atoms. The quantitative estimate of drug-likeness (QED) is 0.811. The summed E-state index contributed by atoms with van der Waals surface area (Å²) >= 11 is 3.21. The van der Waals surface area contributed by atoms with Gasteiger partial charge in [0.2, 0.25) is 0 Å². The fourth-order valence-electron chi connectivity index (χ4n) is 1.90. The van der Waals surface area contributed by atoms with Crippen LogP contribution in [-0.2, 0) is 18.4 Å². The third-order valence-corrected chi connectivity index (χ3v) is 3.75. The fraction of sp³-hybridized carbons (Fsp3) is 0.462. The molecule has 0 aliphatic heterocycles. The summed E-state index contributed by atoms with van der Waals surface area (Å²) in [6.07, 6.45) is 3.11. The van der Waals surface area contributed by atoms with Crippen LogP contribution in [0.4, 0.5) is 0 Å². The van der Waals surface area contributed by atoms with Crippen molar-refractivity contribution >= 4 is 15.9 Å². The smallest absolute Gasteiger partial charge is 0.262 e. The normalized spacial score (nSPS) is 14.1. The number of H-pyrrole nitrogens is 1. The number of aromatic amines is 1. The summed E-state index contributed by atoms with van der Waals surface area (Å²) < 4.78 is 6.44. The molecule has 8 heteroatoms. The van der Waals surface area contributed by atoms with Crippen molar-refractivity contribution in [3.05, 3.63) is 44.5 Å². The number of pyridine rings is 1. The number of hydrogen-bond acceptors (Lipinski definition) is 5. The minimum atomic E-state index is -0.227. The zero-order valence-corrected chi connectivity index (χ0v) is 13.7. The van der Waals surface area contributed by atoms with E-state index in [2.05, 4.69) is 36.4 Å². The minimum Gasteiger partial charge on any atom is -0.365 e.